The van der Waals surface area contributed by atoms with Crippen LogP contribution in [0.5, 0.6) is 0 Å². The van der Waals surface area contributed by atoms with E-state index in [4.69, 9.17) is 0 Å². The Kier molecular flexibility index (Phi) is 6.45. The summed E-state index contributed by atoms with van der Waals surface area (Å²) in [6.45, 7) is 5.04. The number of carbonyl (C=O) groups excluding carboxylic acids is 1. The highest BCUT2D eigenvalue weighted by Crippen LogP contribution is 2.35. The second-order valence-electron chi connectivity index (χ2n) is 5.09. The number of amides is 2. The van der Waals surface area contributed by atoms with E-state index in [0.29, 0.717) is 50.4 Å². The summed E-state index contributed by atoms with van der Waals surface area (Å²) in [6, 6.07) is -0.187. The van der Waals surface area contributed by atoms with Crippen molar-refractivity contribution >= 4 is 22.8 Å². The molecule has 1 atom stereocenters. The van der Waals surface area contributed by atoms with Gasteiger partial charge in [0, 0.05) is 41.9 Å². The highest BCUT2D eigenvalue weighted by Gasteiger charge is 2.40. The van der Waals surface area contributed by atoms with E-state index in [1.165, 1.54) is 0 Å². The SMILES string of the molecule is CCS(=O)CCNC(=O)N1CCC(CC)(C(=O)O)CC1. The summed E-state index contributed by atoms with van der Waals surface area (Å²) >= 11 is 0. The molecule has 2 N–H and O–H groups in total. The van der Waals surface area contributed by atoms with E-state index in [2.05, 4.69) is 5.32 Å². The van der Waals surface area contributed by atoms with Crippen LogP contribution < -0.4 is 5.32 Å². The predicted molar refractivity (Wildman–Crippen MR) is 78.1 cm³/mol. The number of urea groups is 1. The van der Waals surface area contributed by atoms with Gasteiger partial charge >= 0.3 is 12.0 Å². The smallest absolute Gasteiger partial charge is 0.317 e. The topological polar surface area (TPSA) is 86.7 Å². The van der Waals surface area contributed by atoms with Gasteiger partial charge in [0.05, 0.1) is 5.41 Å². The summed E-state index contributed by atoms with van der Waals surface area (Å²) < 4.78 is 11.2. The van der Waals surface area contributed by atoms with Crippen LogP contribution in [0.15, 0.2) is 0 Å². The molecule has 6 nitrogen and oxygen atoms in total. The molecule has 1 fully saturated rings. The third-order valence-corrected chi connectivity index (χ3v) is 5.37. The van der Waals surface area contributed by atoms with Gasteiger partial charge in [-0.15, -0.1) is 0 Å². The molecule has 0 bridgehead atoms. The van der Waals surface area contributed by atoms with Crippen LogP contribution in [0, 0.1) is 5.41 Å². The zero-order valence-electron chi connectivity index (χ0n) is 12.2. The lowest BCUT2D eigenvalue weighted by Gasteiger charge is -2.38. The van der Waals surface area contributed by atoms with E-state index in [0.717, 1.165) is 0 Å². The van der Waals surface area contributed by atoms with E-state index < -0.39 is 22.2 Å². The van der Waals surface area contributed by atoms with E-state index >= 15 is 0 Å². The Morgan fingerprint density at radius 1 is 1.30 bits per heavy atom. The van der Waals surface area contributed by atoms with Crippen LogP contribution in [0.2, 0.25) is 0 Å². The molecule has 7 heteroatoms. The molecule has 1 aliphatic rings. The maximum absolute atomic E-state index is 11.9. The lowest BCUT2D eigenvalue weighted by molar-refractivity contribution is -0.151. The quantitative estimate of drug-likeness (QED) is 0.767. The number of rotatable bonds is 6. The Bertz CT molecular complexity index is 379. The number of carboxylic acids is 1. The number of nitrogens with one attached hydrogen (secondary N) is 1. The van der Waals surface area contributed by atoms with Crippen LogP contribution in [0.4, 0.5) is 4.79 Å². The minimum atomic E-state index is -0.879. The van der Waals surface area contributed by atoms with Crippen LogP contribution in [-0.2, 0) is 15.6 Å². The van der Waals surface area contributed by atoms with Crippen molar-refractivity contribution in [2.24, 2.45) is 5.41 Å². The van der Waals surface area contributed by atoms with E-state index in [1.807, 2.05) is 13.8 Å². The molecule has 1 aliphatic heterocycles. The molecule has 2 amide bonds. The molecule has 20 heavy (non-hydrogen) atoms. The number of likely N-dealkylation sites (tertiary alicyclic amines) is 1. The van der Waals surface area contributed by atoms with Crippen LogP contribution in [0.3, 0.4) is 0 Å². The number of hydrogen-bond donors (Lipinski definition) is 2. The minimum Gasteiger partial charge on any atom is -0.481 e. The summed E-state index contributed by atoms with van der Waals surface area (Å²) in [5.41, 5.74) is -0.680. The summed E-state index contributed by atoms with van der Waals surface area (Å²) in [6.07, 6.45) is 1.58. The Morgan fingerprint density at radius 3 is 2.35 bits per heavy atom. The molecule has 0 aromatic carbocycles. The Morgan fingerprint density at radius 2 is 1.90 bits per heavy atom. The van der Waals surface area contributed by atoms with Gasteiger partial charge in [-0.1, -0.05) is 13.8 Å². The van der Waals surface area contributed by atoms with Crippen molar-refractivity contribution in [1.82, 2.24) is 10.2 Å². The molecule has 0 saturated carbocycles. The number of hydrogen-bond acceptors (Lipinski definition) is 3. The zero-order valence-corrected chi connectivity index (χ0v) is 13.0. The molecule has 1 unspecified atom stereocenters. The first-order chi connectivity index (χ1) is 9.45. The number of nitrogens with zero attached hydrogens (tertiary/aromatic N) is 1. The van der Waals surface area contributed by atoms with Gasteiger partial charge in [0.1, 0.15) is 0 Å². The molecule has 0 radical (unpaired) electrons. The van der Waals surface area contributed by atoms with E-state index in [-0.39, 0.29) is 6.03 Å². The van der Waals surface area contributed by atoms with Crippen molar-refractivity contribution < 1.29 is 18.9 Å². The Labute approximate surface area is 122 Å². The van der Waals surface area contributed by atoms with Gasteiger partial charge in [0.25, 0.3) is 0 Å². The van der Waals surface area contributed by atoms with Crippen molar-refractivity contribution in [3.8, 4) is 0 Å². The summed E-state index contributed by atoms with van der Waals surface area (Å²) in [5.74, 6) is 0.291. The second-order valence-corrected chi connectivity index (χ2v) is 6.96. The van der Waals surface area contributed by atoms with Gasteiger partial charge in [-0.2, -0.15) is 0 Å². The molecule has 1 heterocycles. The monoisotopic (exact) mass is 304 g/mol. The van der Waals surface area contributed by atoms with Gasteiger partial charge < -0.3 is 15.3 Å². The minimum absolute atomic E-state index is 0.187. The maximum Gasteiger partial charge on any atom is 0.317 e. The van der Waals surface area contributed by atoms with Crippen molar-refractivity contribution in [1.29, 1.82) is 0 Å². The largest absolute Gasteiger partial charge is 0.481 e. The van der Waals surface area contributed by atoms with Gasteiger partial charge in [-0.3, -0.25) is 9.00 Å². The van der Waals surface area contributed by atoms with Crippen LogP contribution in [0.25, 0.3) is 0 Å². The lowest BCUT2D eigenvalue weighted by atomic mass is 9.76. The summed E-state index contributed by atoms with van der Waals surface area (Å²) in [7, 11) is -0.879. The summed E-state index contributed by atoms with van der Waals surface area (Å²) in [4.78, 5) is 24.9. The van der Waals surface area contributed by atoms with Crippen molar-refractivity contribution in [2.75, 3.05) is 31.1 Å². The predicted octanol–water partition coefficient (Wildman–Crippen LogP) is 1.04. The first-order valence-electron chi connectivity index (χ1n) is 7.06. The van der Waals surface area contributed by atoms with Crippen molar-refractivity contribution in [3.63, 3.8) is 0 Å². The normalized spacial score (nSPS) is 19.4. The fourth-order valence-corrected chi connectivity index (χ4v) is 3.00. The number of carbonyl (C=O) groups is 2. The first kappa shape index (κ1) is 16.9. The number of carboxylic acid groups (broad SMARTS) is 1. The average molecular weight is 304 g/mol. The fraction of sp³-hybridized carbons (Fsp3) is 0.846. The van der Waals surface area contributed by atoms with E-state index in [1.54, 1.807) is 4.90 Å². The summed E-state index contributed by atoms with van der Waals surface area (Å²) in [5, 5.41) is 12.0. The van der Waals surface area contributed by atoms with Crippen molar-refractivity contribution in [3.05, 3.63) is 0 Å². The van der Waals surface area contributed by atoms with Gasteiger partial charge in [0.15, 0.2) is 0 Å². The molecular weight excluding hydrogens is 280 g/mol. The third-order valence-electron chi connectivity index (χ3n) is 4.07. The first-order valence-corrected chi connectivity index (χ1v) is 8.55. The van der Waals surface area contributed by atoms with Crippen molar-refractivity contribution in [2.45, 2.75) is 33.1 Å². The fourth-order valence-electron chi connectivity index (χ4n) is 2.38. The van der Waals surface area contributed by atoms with Crippen LogP contribution >= 0.6 is 0 Å². The highest BCUT2D eigenvalue weighted by atomic mass is 32.2. The second kappa shape index (κ2) is 7.61. The molecule has 0 spiro atoms. The molecular formula is C13H24N2O4S. The van der Waals surface area contributed by atoms with Gasteiger partial charge in [-0.05, 0) is 19.3 Å². The molecule has 0 aliphatic carbocycles. The molecule has 0 aromatic heterocycles. The standard InChI is InChI=1S/C13H24N2O4S/c1-3-13(11(16)17)5-8-15(9-6-13)12(18)14-7-10-20(19)4-2/h3-10H2,1-2H3,(H,14,18)(H,16,17). The highest BCUT2D eigenvalue weighted by molar-refractivity contribution is 7.84. The van der Waals surface area contributed by atoms with Crippen LogP contribution in [-0.4, -0.2) is 57.4 Å². The molecule has 1 rings (SSSR count). The maximum atomic E-state index is 11.9. The number of aliphatic carboxylic acids is 1. The lowest BCUT2D eigenvalue weighted by Crippen LogP contribution is -2.49. The van der Waals surface area contributed by atoms with Gasteiger partial charge in [-0.25, -0.2) is 4.79 Å². The van der Waals surface area contributed by atoms with E-state index in [9.17, 15) is 18.9 Å². The zero-order chi connectivity index (χ0) is 15.2. The number of piperidine rings is 1. The Hall–Kier alpha value is -1.11. The molecule has 1 saturated heterocycles. The molecule has 116 valence electrons. The van der Waals surface area contributed by atoms with Crippen LogP contribution in [0.1, 0.15) is 33.1 Å². The Balaban J connectivity index is 2.39. The molecule has 0 aromatic rings. The van der Waals surface area contributed by atoms with Gasteiger partial charge in [0.2, 0.25) is 0 Å². The average Bonchev–Trinajstić information content (AvgIpc) is 2.46. The third kappa shape index (κ3) is 4.19.